The minimum absolute atomic E-state index is 0.0792. The summed E-state index contributed by atoms with van der Waals surface area (Å²) in [6, 6.07) is 6.38. The smallest absolute Gasteiger partial charge is 0.223 e. The second kappa shape index (κ2) is 7.70. The van der Waals surface area contributed by atoms with Crippen LogP contribution >= 0.6 is 11.3 Å². The largest absolute Gasteiger partial charge is 0.389 e. The Balaban J connectivity index is 1.74. The average Bonchev–Trinajstić information content (AvgIpc) is 2.99. The summed E-state index contributed by atoms with van der Waals surface area (Å²) in [6.45, 7) is 10.7. The van der Waals surface area contributed by atoms with Crippen LogP contribution in [0.2, 0.25) is 0 Å². The molecule has 2 aromatic rings. The SMILES string of the molecule is CC(O)/C=C/c1ccc(-c2ccnc(NC3CC(C)(C)NC(C)(C)C3)n2)s1. The van der Waals surface area contributed by atoms with Gasteiger partial charge in [-0.2, -0.15) is 0 Å². The van der Waals surface area contributed by atoms with E-state index in [9.17, 15) is 5.11 Å². The molecule has 6 heteroatoms. The van der Waals surface area contributed by atoms with Gasteiger partial charge in [-0.3, -0.25) is 0 Å². The maximum atomic E-state index is 9.39. The molecule has 0 aromatic carbocycles. The molecule has 0 spiro atoms. The van der Waals surface area contributed by atoms with Gasteiger partial charge >= 0.3 is 0 Å². The maximum Gasteiger partial charge on any atom is 0.223 e. The number of nitrogens with one attached hydrogen (secondary N) is 2. The van der Waals surface area contributed by atoms with E-state index in [0.717, 1.165) is 28.3 Å². The first-order valence-corrected chi connectivity index (χ1v) is 10.3. The first kappa shape index (κ1) is 20.0. The molecule has 1 aliphatic rings. The number of anilines is 1. The molecule has 5 nitrogen and oxygen atoms in total. The van der Waals surface area contributed by atoms with Gasteiger partial charge in [-0.1, -0.05) is 6.08 Å². The molecule has 1 fully saturated rings. The van der Waals surface area contributed by atoms with E-state index >= 15 is 0 Å². The number of piperidine rings is 1. The van der Waals surface area contributed by atoms with Crippen LogP contribution in [0.5, 0.6) is 0 Å². The predicted molar refractivity (Wildman–Crippen MR) is 114 cm³/mol. The molecule has 146 valence electrons. The minimum Gasteiger partial charge on any atom is -0.389 e. The Labute approximate surface area is 166 Å². The first-order chi connectivity index (χ1) is 12.6. The van der Waals surface area contributed by atoms with Gasteiger partial charge in [-0.25, -0.2) is 9.97 Å². The molecule has 3 heterocycles. The van der Waals surface area contributed by atoms with Crippen LogP contribution in [0.25, 0.3) is 16.6 Å². The molecule has 27 heavy (non-hydrogen) atoms. The van der Waals surface area contributed by atoms with Gasteiger partial charge in [0, 0.05) is 28.2 Å². The van der Waals surface area contributed by atoms with Crippen LogP contribution < -0.4 is 10.6 Å². The topological polar surface area (TPSA) is 70.1 Å². The summed E-state index contributed by atoms with van der Waals surface area (Å²) >= 11 is 1.66. The predicted octanol–water partition coefficient (Wildman–Crippen LogP) is 4.32. The van der Waals surface area contributed by atoms with Gasteiger partial charge in [-0.15, -0.1) is 11.3 Å². The summed E-state index contributed by atoms with van der Waals surface area (Å²) < 4.78 is 0. The molecular formula is C21H30N4OS. The van der Waals surface area contributed by atoms with E-state index in [2.05, 4.69) is 49.4 Å². The van der Waals surface area contributed by atoms with Crippen LogP contribution in [0, 0.1) is 0 Å². The van der Waals surface area contributed by atoms with Gasteiger partial charge < -0.3 is 15.7 Å². The van der Waals surface area contributed by atoms with Gasteiger partial charge in [0.1, 0.15) is 0 Å². The van der Waals surface area contributed by atoms with E-state index in [4.69, 9.17) is 4.98 Å². The van der Waals surface area contributed by atoms with Crippen LogP contribution in [-0.4, -0.2) is 38.3 Å². The van der Waals surface area contributed by atoms with Crippen molar-refractivity contribution in [2.24, 2.45) is 0 Å². The van der Waals surface area contributed by atoms with Gasteiger partial charge in [0.05, 0.1) is 16.7 Å². The molecule has 1 saturated heterocycles. The van der Waals surface area contributed by atoms with Crippen molar-refractivity contribution < 1.29 is 5.11 Å². The third-order valence-corrected chi connectivity index (χ3v) is 5.67. The lowest BCUT2D eigenvalue weighted by Gasteiger charge is -2.46. The fourth-order valence-electron chi connectivity index (χ4n) is 3.99. The van der Waals surface area contributed by atoms with E-state index < -0.39 is 6.10 Å². The van der Waals surface area contributed by atoms with Crippen molar-refractivity contribution in [3.8, 4) is 10.6 Å². The number of aliphatic hydroxyl groups is 1. The number of rotatable bonds is 5. The van der Waals surface area contributed by atoms with Gasteiger partial charge in [0.15, 0.2) is 0 Å². The van der Waals surface area contributed by atoms with Crippen molar-refractivity contribution in [3.05, 3.63) is 35.3 Å². The fraction of sp³-hybridized carbons (Fsp3) is 0.524. The third kappa shape index (κ3) is 5.61. The van der Waals surface area contributed by atoms with E-state index in [1.54, 1.807) is 24.3 Å². The second-order valence-corrected chi connectivity index (χ2v) is 9.82. The number of hydrogen-bond donors (Lipinski definition) is 3. The van der Waals surface area contributed by atoms with Crippen LogP contribution in [-0.2, 0) is 0 Å². The molecule has 0 radical (unpaired) electrons. The summed E-state index contributed by atoms with van der Waals surface area (Å²) in [5, 5.41) is 16.6. The highest BCUT2D eigenvalue weighted by molar-refractivity contribution is 7.16. The molecule has 0 aliphatic carbocycles. The zero-order valence-electron chi connectivity index (χ0n) is 16.8. The molecule has 0 saturated carbocycles. The summed E-state index contributed by atoms with van der Waals surface area (Å²) in [6.07, 6.45) is 7.15. The highest BCUT2D eigenvalue weighted by atomic mass is 32.1. The van der Waals surface area contributed by atoms with E-state index in [-0.39, 0.29) is 11.1 Å². The normalized spacial score (nSPS) is 20.7. The minimum atomic E-state index is -0.441. The standard InChI is InChI=1S/C21H30N4OS/c1-14(26)6-7-16-8-9-18(27-16)17-10-11-22-19(24-17)23-15-12-20(2,3)25-21(4,5)13-15/h6-11,14-15,25-26H,12-13H2,1-5H3,(H,22,23,24)/b7-6+. The number of thiophene rings is 1. The molecular weight excluding hydrogens is 356 g/mol. The number of nitrogens with zero attached hydrogens (tertiary/aromatic N) is 2. The Hall–Kier alpha value is -1.76. The van der Waals surface area contributed by atoms with Crippen molar-refractivity contribution >= 4 is 23.4 Å². The number of aromatic nitrogens is 2. The first-order valence-electron chi connectivity index (χ1n) is 9.47. The van der Waals surface area contributed by atoms with Crippen molar-refractivity contribution in [2.45, 2.75) is 70.7 Å². The lowest BCUT2D eigenvalue weighted by atomic mass is 9.80. The van der Waals surface area contributed by atoms with Crippen molar-refractivity contribution in [2.75, 3.05) is 5.32 Å². The van der Waals surface area contributed by atoms with Crippen molar-refractivity contribution in [3.63, 3.8) is 0 Å². The van der Waals surface area contributed by atoms with Gasteiger partial charge in [0.25, 0.3) is 0 Å². The second-order valence-electron chi connectivity index (χ2n) is 8.71. The molecule has 3 N–H and O–H groups in total. The molecule has 1 atom stereocenters. The molecule has 1 unspecified atom stereocenters. The van der Waals surface area contributed by atoms with Gasteiger partial charge in [-0.05, 0) is 71.7 Å². The average molecular weight is 387 g/mol. The lowest BCUT2D eigenvalue weighted by Crippen LogP contribution is -2.60. The molecule has 0 bridgehead atoms. The lowest BCUT2D eigenvalue weighted by molar-refractivity contribution is 0.170. The third-order valence-electron chi connectivity index (χ3n) is 4.60. The Kier molecular flexibility index (Phi) is 5.70. The Bertz CT molecular complexity index is 794. The summed E-state index contributed by atoms with van der Waals surface area (Å²) in [5.74, 6) is 0.681. The summed E-state index contributed by atoms with van der Waals surface area (Å²) in [7, 11) is 0. The van der Waals surface area contributed by atoms with E-state index in [0.29, 0.717) is 12.0 Å². The highest BCUT2D eigenvalue weighted by Crippen LogP contribution is 2.31. The Morgan fingerprint density at radius 3 is 2.59 bits per heavy atom. The fourth-order valence-corrected chi connectivity index (χ4v) is 4.88. The monoisotopic (exact) mass is 386 g/mol. The zero-order valence-corrected chi connectivity index (χ0v) is 17.6. The summed E-state index contributed by atoms with van der Waals surface area (Å²) in [4.78, 5) is 11.4. The molecule has 3 rings (SSSR count). The van der Waals surface area contributed by atoms with E-state index in [1.165, 1.54) is 0 Å². The van der Waals surface area contributed by atoms with Crippen LogP contribution in [0.3, 0.4) is 0 Å². The maximum absolute atomic E-state index is 9.39. The van der Waals surface area contributed by atoms with Gasteiger partial charge in [0.2, 0.25) is 5.95 Å². The van der Waals surface area contributed by atoms with E-state index in [1.807, 2.05) is 24.4 Å². The Morgan fingerprint density at radius 2 is 1.93 bits per heavy atom. The van der Waals surface area contributed by atoms with Crippen LogP contribution in [0.4, 0.5) is 5.95 Å². The van der Waals surface area contributed by atoms with Crippen molar-refractivity contribution in [1.29, 1.82) is 0 Å². The molecule has 0 amide bonds. The summed E-state index contributed by atoms with van der Waals surface area (Å²) in [5.41, 5.74) is 1.08. The quantitative estimate of drug-likeness (QED) is 0.714. The van der Waals surface area contributed by atoms with Crippen molar-refractivity contribution in [1.82, 2.24) is 15.3 Å². The zero-order chi connectivity index (χ0) is 19.7. The number of aliphatic hydroxyl groups excluding tert-OH is 1. The molecule has 1 aliphatic heterocycles. The van der Waals surface area contributed by atoms with Crippen LogP contribution in [0.1, 0.15) is 52.3 Å². The molecule has 2 aromatic heterocycles. The number of hydrogen-bond acceptors (Lipinski definition) is 6. The highest BCUT2D eigenvalue weighted by Gasteiger charge is 2.37. The Morgan fingerprint density at radius 1 is 1.22 bits per heavy atom. The van der Waals surface area contributed by atoms with Crippen LogP contribution in [0.15, 0.2) is 30.5 Å².